The van der Waals surface area contributed by atoms with Crippen molar-refractivity contribution in [3.8, 4) is 44.1 Å². The number of aromatic nitrogens is 4. The molecule has 0 N–H and O–H groups in total. The van der Waals surface area contributed by atoms with Crippen molar-refractivity contribution in [1.82, 2.24) is 20.4 Å². The van der Waals surface area contributed by atoms with Crippen molar-refractivity contribution < 1.29 is 4.42 Å². The molecule has 6 heteroatoms. The summed E-state index contributed by atoms with van der Waals surface area (Å²) in [5.41, 5.74) is 9.66. The Balaban J connectivity index is -0.000000141. The molecule has 3 aliphatic carbocycles. The van der Waals surface area contributed by atoms with E-state index in [-0.39, 0.29) is 89.1 Å². The summed E-state index contributed by atoms with van der Waals surface area (Å²) in [5, 5.41) is 19.1. The summed E-state index contributed by atoms with van der Waals surface area (Å²) in [7, 11) is 0. The molecule has 90 heavy (non-hydrogen) atoms. The van der Waals surface area contributed by atoms with Gasteiger partial charge in [0.05, 0.1) is 0 Å². The number of benzene rings is 4. The molecular formula is C84H158N4OS. The highest BCUT2D eigenvalue weighted by molar-refractivity contribution is 7.17. The van der Waals surface area contributed by atoms with E-state index in [2.05, 4.69) is 135 Å². The van der Waals surface area contributed by atoms with Gasteiger partial charge in [0, 0.05) is 22.3 Å². The largest absolute Gasteiger partial charge is 0.416 e. The summed E-state index contributed by atoms with van der Waals surface area (Å²) < 4.78 is 5.83. The van der Waals surface area contributed by atoms with Crippen LogP contribution in [0.5, 0.6) is 0 Å². The standard InChI is InChI=1S/C26H48.C20H22N2O.C20H22N2S.3C2H6.12CH4/c1-3-5-21-7-11-23(12-8-21)19-25-15-17-26(18-16-25)20-24-13-9-22(6-4-2)10-14-24;2*1-3-5-15-7-11-17(12-8-15)19-21-22-20(23-19)18-13-9-16(6-4-2)10-14-18;3*1-2;;;;;;;;;;;;/h21-26H,3-20H2,1-2H3;2*7-14H,3-6H2,1-2H3;3*1-2H3;12*1H4. The molecule has 2 heterocycles. The molecule has 3 aliphatic rings. The van der Waals surface area contributed by atoms with E-state index in [4.69, 9.17) is 4.42 Å². The Morgan fingerprint density at radius 1 is 0.289 bits per heavy atom. The number of rotatable bonds is 20. The minimum absolute atomic E-state index is 0. The Kier molecular flexibility index (Phi) is 72.0. The molecule has 0 atom stereocenters. The Bertz CT molecular complexity index is 2060. The topological polar surface area (TPSA) is 64.7 Å². The van der Waals surface area contributed by atoms with Crippen molar-refractivity contribution in [1.29, 1.82) is 0 Å². The predicted octanol–water partition coefficient (Wildman–Crippen LogP) is 30.6. The van der Waals surface area contributed by atoms with E-state index in [0.717, 1.165) is 106 Å². The van der Waals surface area contributed by atoms with Gasteiger partial charge in [-0.2, -0.15) is 0 Å². The van der Waals surface area contributed by atoms with Gasteiger partial charge >= 0.3 is 0 Å². The summed E-state index contributed by atoms with van der Waals surface area (Å²) in [6.07, 6.45) is 36.8. The van der Waals surface area contributed by atoms with Crippen LogP contribution >= 0.6 is 11.3 Å². The highest BCUT2D eigenvalue weighted by atomic mass is 32.1. The molecular weight excluding hydrogens is 1110 g/mol. The molecule has 0 bridgehead atoms. The normalized spacial score (nSPS) is 17.0. The second-order valence-corrected chi connectivity index (χ2v) is 23.3. The van der Waals surface area contributed by atoms with Crippen molar-refractivity contribution in [2.24, 2.45) is 35.5 Å². The van der Waals surface area contributed by atoms with Gasteiger partial charge in [0.2, 0.25) is 11.8 Å². The van der Waals surface area contributed by atoms with Crippen molar-refractivity contribution in [3.63, 3.8) is 0 Å². The second kappa shape index (κ2) is 62.1. The van der Waals surface area contributed by atoms with Gasteiger partial charge < -0.3 is 4.42 Å². The first-order valence-electron chi connectivity index (χ1n) is 32.4. The molecule has 0 aliphatic heterocycles. The highest BCUT2D eigenvalue weighted by Crippen LogP contribution is 2.43. The van der Waals surface area contributed by atoms with Crippen LogP contribution in [0.4, 0.5) is 0 Å². The third-order valence-corrected chi connectivity index (χ3v) is 17.5. The van der Waals surface area contributed by atoms with Crippen LogP contribution in [-0.2, 0) is 25.7 Å². The summed E-state index contributed by atoms with van der Waals surface area (Å²) in [4.78, 5) is 0. The van der Waals surface area contributed by atoms with Gasteiger partial charge in [-0.15, -0.1) is 20.4 Å². The third-order valence-electron chi connectivity index (χ3n) is 16.4. The maximum absolute atomic E-state index is 5.83. The minimum Gasteiger partial charge on any atom is -0.416 e. The molecule has 2 aromatic heterocycles. The van der Waals surface area contributed by atoms with Crippen molar-refractivity contribution in [3.05, 3.63) is 119 Å². The molecule has 4 aromatic carbocycles. The molecule has 0 amide bonds. The van der Waals surface area contributed by atoms with Crippen LogP contribution in [0.3, 0.4) is 0 Å². The van der Waals surface area contributed by atoms with Crippen LogP contribution in [-0.4, -0.2) is 20.4 Å². The molecule has 0 saturated heterocycles. The summed E-state index contributed by atoms with van der Waals surface area (Å²) in [5.74, 6) is 7.69. The molecule has 0 unspecified atom stereocenters. The average molecular weight is 1270 g/mol. The number of hydrogen-bond donors (Lipinski definition) is 0. The molecule has 6 aromatic rings. The maximum Gasteiger partial charge on any atom is 0.248 e. The fourth-order valence-corrected chi connectivity index (χ4v) is 13.2. The van der Waals surface area contributed by atoms with Crippen molar-refractivity contribution >= 4 is 11.3 Å². The first-order valence-corrected chi connectivity index (χ1v) is 33.2. The van der Waals surface area contributed by atoms with Crippen LogP contribution < -0.4 is 0 Å². The zero-order valence-electron chi connectivity index (χ0n) is 51.7. The number of aryl methyl sites for hydroxylation is 4. The van der Waals surface area contributed by atoms with Gasteiger partial charge in [-0.25, -0.2) is 0 Å². The van der Waals surface area contributed by atoms with Gasteiger partial charge in [-0.05, 0) is 121 Å². The van der Waals surface area contributed by atoms with Crippen LogP contribution in [0.1, 0.15) is 336 Å². The van der Waals surface area contributed by atoms with E-state index in [9.17, 15) is 0 Å². The minimum atomic E-state index is 0. The SMILES string of the molecule is C.C.C.C.C.C.C.C.C.C.C.C.CC.CC.CC.CCCC1CCC(CC2CCC(CC3CCC(CCC)CC3)CC2)CC1.CCCc1ccc(-c2nnc(-c3ccc(CCC)cc3)o2)cc1.CCCc1ccc(-c2nnc(-c3ccc(CCC)cc3)s2)cc1. The molecule has 9 rings (SSSR count). The number of hydrogen-bond acceptors (Lipinski definition) is 6. The van der Waals surface area contributed by atoms with Crippen LogP contribution in [0.25, 0.3) is 44.1 Å². The van der Waals surface area contributed by atoms with E-state index in [1.807, 2.05) is 65.8 Å². The van der Waals surface area contributed by atoms with E-state index in [1.54, 1.807) is 101 Å². The fourth-order valence-electron chi connectivity index (χ4n) is 12.3. The second-order valence-electron chi connectivity index (χ2n) is 22.3. The molecule has 0 radical (unpaired) electrons. The molecule has 3 fully saturated rings. The summed E-state index contributed by atoms with van der Waals surface area (Å²) in [6.45, 7) is 25.5. The van der Waals surface area contributed by atoms with E-state index in [1.165, 1.54) is 60.8 Å². The monoisotopic (exact) mass is 1270 g/mol. The van der Waals surface area contributed by atoms with Crippen LogP contribution in [0, 0.1) is 35.5 Å². The van der Waals surface area contributed by atoms with E-state index >= 15 is 0 Å². The van der Waals surface area contributed by atoms with Crippen molar-refractivity contribution in [2.75, 3.05) is 0 Å². The Hall–Kier alpha value is -4.42. The number of nitrogens with zero attached hydrogens (tertiary/aromatic N) is 4. The Morgan fingerprint density at radius 3 is 0.711 bits per heavy atom. The first kappa shape index (κ1) is 104. The van der Waals surface area contributed by atoms with Gasteiger partial charge in [0.1, 0.15) is 10.0 Å². The van der Waals surface area contributed by atoms with Gasteiger partial charge in [0.15, 0.2) is 0 Å². The average Bonchev–Trinajstić information content (AvgIpc) is 2.15. The lowest BCUT2D eigenvalue weighted by Gasteiger charge is -2.36. The zero-order chi connectivity index (χ0) is 56.3. The van der Waals surface area contributed by atoms with Crippen LogP contribution in [0.15, 0.2) is 101 Å². The third kappa shape index (κ3) is 36.1. The summed E-state index contributed by atoms with van der Waals surface area (Å²) >= 11 is 1.66. The lowest BCUT2D eigenvalue weighted by molar-refractivity contribution is 0.161. The summed E-state index contributed by atoms with van der Waals surface area (Å²) in [6, 6.07) is 34.1. The first-order chi connectivity index (χ1) is 38.4. The van der Waals surface area contributed by atoms with E-state index in [0.29, 0.717) is 11.8 Å². The fraction of sp³-hybridized carbons (Fsp3) is 0.667. The van der Waals surface area contributed by atoms with E-state index < -0.39 is 0 Å². The highest BCUT2D eigenvalue weighted by Gasteiger charge is 2.29. The van der Waals surface area contributed by atoms with Gasteiger partial charge in [-0.3, -0.25) is 0 Å². The van der Waals surface area contributed by atoms with Crippen LogP contribution in [0.2, 0.25) is 0 Å². The molecule has 0 spiro atoms. The Morgan fingerprint density at radius 2 is 0.500 bits per heavy atom. The molecule has 3 saturated carbocycles. The zero-order valence-corrected chi connectivity index (χ0v) is 52.5. The lowest BCUT2D eigenvalue weighted by atomic mass is 9.70. The quantitative estimate of drug-likeness (QED) is 0.0762. The molecule has 526 valence electrons. The van der Waals surface area contributed by atoms with Gasteiger partial charge in [-0.1, -0.05) is 385 Å². The Labute approximate surface area is 570 Å². The lowest BCUT2D eigenvalue weighted by Crippen LogP contribution is -2.23. The smallest absolute Gasteiger partial charge is 0.248 e. The molecule has 5 nitrogen and oxygen atoms in total. The maximum atomic E-state index is 5.83. The predicted molar refractivity (Wildman–Crippen MR) is 422 cm³/mol. The van der Waals surface area contributed by atoms with Crippen molar-refractivity contribution in [2.45, 2.75) is 339 Å². The van der Waals surface area contributed by atoms with Gasteiger partial charge in [0.25, 0.3) is 0 Å².